The van der Waals surface area contributed by atoms with Gasteiger partial charge in [0.15, 0.2) is 0 Å². The van der Waals surface area contributed by atoms with Crippen LogP contribution in [0.1, 0.15) is 24.3 Å². The van der Waals surface area contributed by atoms with Gasteiger partial charge in [0.05, 0.1) is 18.5 Å². The third-order valence-corrected chi connectivity index (χ3v) is 4.42. The molecule has 0 bridgehead atoms. The van der Waals surface area contributed by atoms with Crippen LogP contribution >= 0.6 is 0 Å². The molecule has 0 saturated heterocycles. The number of carbonyl (C=O) groups excluding carboxylic acids is 1. The maximum Gasteiger partial charge on any atom is 0.272 e. The van der Waals surface area contributed by atoms with Crippen molar-refractivity contribution >= 4 is 5.91 Å². The number of rotatable bonds is 6. The van der Waals surface area contributed by atoms with Crippen molar-refractivity contribution in [2.24, 2.45) is 0 Å². The summed E-state index contributed by atoms with van der Waals surface area (Å²) in [6.45, 7) is 5.06. The number of aromatic nitrogens is 2. The van der Waals surface area contributed by atoms with Crippen LogP contribution < -0.4 is 4.74 Å². The number of carbonyl (C=O) groups is 1. The van der Waals surface area contributed by atoms with E-state index in [-0.39, 0.29) is 11.7 Å². The van der Waals surface area contributed by atoms with Gasteiger partial charge in [-0.15, -0.1) is 0 Å². The standard InChI is InChI=1S/C21H22FN3O2/c1-4-24(5-2)21(26)20-14-19(15-7-6-8-18(13-15)27-3)23-25(20)17-11-9-16(22)10-12-17/h6-14H,4-5H2,1-3H3. The number of nitrogens with zero attached hydrogens (tertiary/aromatic N) is 3. The van der Waals surface area contributed by atoms with E-state index in [4.69, 9.17) is 4.74 Å². The molecule has 0 unspecified atom stereocenters. The predicted octanol–water partition coefficient (Wildman–Crippen LogP) is 4.17. The summed E-state index contributed by atoms with van der Waals surface area (Å²) in [6, 6.07) is 15.2. The Bertz CT molecular complexity index is 931. The molecule has 0 fully saturated rings. The Labute approximate surface area is 158 Å². The molecular weight excluding hydrogens is 345 g/mol. The molecule has 0 saturated carbocycles. The number of benzene rings is 2. The average Bonchev–Trinajstić information content (AvgIpc) is 3.15. The van der Waals surface area contributed by atoms with E-state index in [0.717, 1.165) is 5.56 Å². The SMILES string of the molecule is CCN(CC)C(=O)c1cc(-c2cccc(OC)c2)nn1-c1ccc(F)cc1. The van der Waals surface area contributed by atoms with Gasteiger partial charge in [-0.25, -0.2) is 9.07 Å². The van der Waals surface area contributed by atoms with E-state index >= 15 is 0 Å². The van der Waals surface area contributed by atoms with E-state index in [9.17, 15) is 9.18 Å². The van der Waals surface area contributed by atoms with E-state index in [1.54, 1.807) is 34.9 Å². The van der Waals surface area contributed by atoms with E-state index in [1.165, 1.54) is 12.1 Å². The van der Waals surface area contributed by atoms with Crippen LogP contribution in [-0.4, -0.2) is 40.8 Å². The number of hydrogen-bond donors (Lipinski definition) is 0. The highest BCUT2D eigenvalue weighted by atomic mass is 19.1. The molecule has 1 heterocycles. The van der Waals surface area contributed by atoms with Crippen molar-refractivity contribution in [2.45, 2.75) is 13.8 Å². The molecule has 0 spiro atoms. The topological polar surface area (TPSA) is 47.4 Å². The third kappa shape index (κ3) is 3.84. The maximum absolute atomic E-state index is 13.3. The second-order valence-corrected chi connectivity index (χ2v) is 6.01. The van der Waals surface area contributed by atoms with Crippen LogP contribution in [0.25, 0.3) is 16.9 Å². The lowest BCUT2D eigenvalue weighted by Crippen LogP contribution is -2.32. The van der Waals surface area contributed by atoms with Crippen molar-refractivity contribution in [3.05, 3.63) is 66.1 Å². The Hall–Kier alpha value is -3.15. The zero-order valence-electron chi connectivity index (χ0n) is 15.6. The first-order chi connectivity index (χ1) is 13.1. The van der Waals surface area contributed by atoms with Crippen LogP contribution in [0.2, 0.25) is 0 Å². The Morgan fingerprint density at radius 3 is 2.44 bits per heavy atom. The van der Waals surface area contributed by atoms with Crippen LogP contribution in [-0.2, 0) is 0 Å². The second-order valence-electron chi connectivity index (χ2n) is 6.01. The van der Waals surface area contributed by atoms with Gasteiger partial charge in [0.2, 0.25) is 0 Å². The van der Waals surface area contributed by atoms with Crippen LogP contribution in [0.3, 0.4) is 0 Å². The molecule has 0 aliphatic rings. The minimum absolute atomic E-state index is 0.119. The van der Waals surface area contributed by atoms with Crippen LogP contribution in [0.15, 0.2) is 54.6 Å². The Kier molecular flexibility index (Phi) is 5.54. The molecule has 1 amide bonds. The van der Waals surface area contributed by atoms with Crippen molar-refractivity contribution < 1.29 is 13.9 Å². The van der Waals surface area contributed by atoms with Gasteiger partial charge >= 0.3 is 0 Å². The summed E-state index contributed by atoms with van der Waals surface area (Å²) < 4.78 is 20.2. The molecule has 1 aromatic heterocycles. The van der Waals surface area contributed by atoms with Gasteiger partial charge in [0.25, 0.3) is 5.91 Å². The molecule has 5 nitrogen and oxygen atoms in total. The van der Waals surface area contributed by atoms with Crippen molar-refractivity contribution in [1.29, 1.82) is 0 Å². The summed E-state index contributed by atoms with van der Waals surface area (Å²) in [5.41, 5.74) is 2.54. The van der Waals surface area contributed by atoms with Crippen LogP contribution in [0.5, 0.6) is 5.75 Å². The van der Waals surface area contributed by atoms with Crippen LogP contribution in [0, 0.1) is 5.82 Å². The molecule has 0 aliphatic carbocycles. The first kappa shape index (κ1) is 18.6. The van der Waals surface area contributed by atoms with E-state index in [2.05, 4.69) is 5.10 Å². The van der Waals surface area contributed by atoms with Crippen LogP contribution in [0.4, 0.5) is 4.39 Å². The van der Waals surface area contributed by atoms with Crippen molar-refractivity contribution in [2.75, 3.05) is 20.2 Å². The Balaban J connectivity index is 2.13. The molecule has 3 aromatic rings. The highest BCUT2D eigenvalue weighted by Crippen LogP contribution is 2.26. The summed E-state index contributed by atoms with van der Waals surface area (Å²) in [4.78, 5) is 14.7. The summed E-state index contributed by atoms with van der Waals surface area (Å²) >= 11 is 0. The molecule has 0 aliphatic heterocycles. The Morgan fingerprint density at radius 2 is 1.81 bits per heavy atom. The predicted molar refractivity (Wildman–Crippen MR) is 103 cm³/mol. The fourth-order valence-electron chi connectivity index (χ4n) is 2.91. The molecule has 3 rings (SSSR count). The average molecular weight is 367 g/mol. The van der Waals surface area contributed by atoms with Gasteiger partial charge < -0.3 is 9.64 Å². The first-order valence-electron chi connectivity index (χ1n) is 8.87. The lowest BCUT2D eigenvalue weighted by molar-refractivity contribution is 0.0764. The number of hydrogen-bond acceptors (Lipinski definition) is 3. The van der Waals surface area contributed by atoms with Crippen molar-refractivity contribution in [3.63, 3.8) is 0 Å². The number of amides is 1. The lowest BCUT2D eigenvalue weighted by Gasteiger charge is -2.19. The lowest BCUT2D eigenvalue weighted by atomic mass is 10.1. The molecule has 27 heavy (non-hydrogen) atoms. The molecular formula is C21H22FN3O2. The fourth-order valence-corrected chi connectivity index (χ4v) is 2.91. The summed E-state index contributed by atoms with van der Waals surface area (Å²) in [6.07, 6.45) is 0. The molecule has 2 aromatic carbocycles. The minimum atomic E-state index is -0.337. The van der Waals surface area contributed by atoms with Gasteiger partial charge in [-0.1, -0.05) is 12.1 Å². The number of halogens is 1. The molecule has 0 N–H and O–H groups in total. The number of methoxy groups -OCH3 is 1. The largest absolute Gasteiger partial charge is 0.497 e. The normalized spacial score (nSPS) is 10.7. The zero-order valence-corrected chi connectivity index (χ0v) is 15.6. The van der Waals surface area contributed by atoms with E-state index in [1.807, 2.05) is 38.1 Å². The maximum atomic E-state index is 13.3. The van der Waals surface area contributed by atoms with E-state index < -0.39 is 0 Å². The van der Waals surface area contributed by atoms with E-state index in [0.29, 0.717) is 35.9 Å². The highest BCUT2D eigenvalue weighted by molar-refractivity contribution is 5.94. The quantitative estimate of drug-likeness (QED) is 0.657. The first-order valence-corrected chi connectivity index (χ1v) is 8.87. The highest BCUT2D eigenvalue weighted by Gasteiger charge is 2.21. The monoisotopic (exact) mass is 367 g/mol. The van der Waals surface area contributed by atoms with Crippen molar-refractivity contribution in [3.8, 4) is 22.7 Å². The minimum Gasteiger partial charge on any atom is -0.497 e. The van der Waals surface area contributed by atoms with Gasteiger partial charge in [-0.05, 0) is 56.3 Å². The fraction of sp³-hybridized carbons (Fsp3) is 0.238. The van der Waals surface area contributed by atoms with Gasteiger partial charge in [0, 0.05) is 18.7 Å². The Morgan fingerprint density at radius 1 is 1.11 bits per heavy atom. The summed E-state index contributed by atoms with van der Waals surface area (Å²) in [5.74, 6) is 0.252. The number of ether oxygens (including phenoxy) is 1. The second kappa shape index (κ2) is 8.03. The summed E-state index contributed by atoms with van der Waals surface area (Å²) in [7, 11) is 1.60. The zero-order chi connectivity index (χ0) is 19.4. The van der Waals surface area contributed by atoms with Gasteiger partial charge in [-0.2, -0.15) is 5.10 Å². The summed E-state index contributed by atoms with van der Waals surface area (Å²) in [5, 5.41) is 4.62. The third-order valence-electron chi connectivity index (χ3n) is 4.42. The van der Waals surface area contributed by atoms with Gasteiger partial charge in [0.1, 0.15) is 17.3 Å². The van der Waals surface area contributed by atoms with Crippen molar-refractivity contribution in [1.82, 2.24) is 14.7 Å². The molecule has 140 valence electrons. The molecule has 0 radical (unpaired) electrons. The molecule has 0 atom stereocenters. The smallest absolute Gasteiger partial charge is 0.272 e. The molecule has 6 heteroatoms. The van der Waals surface area contributed by atoms with Gasteiger partial charge in [-0.3, -0.25) is 4.79 Å².